The first-order valence-electron chi connectivity index (χ1n) is 7.70. The number of hydrogen-bond acceptors (Lipinski definition) is 3. The SMILES string of the molecule is CC(=O)N(CCCc1ccccc1)CC(=O)NCCN(C)C. The average Bonchev–Trinajstić information content (AvgIpc) is 2.46. The summed E-state index contributed by atoms with van der Waals surface area (Å²) < 4.78 is 0. The molecule has 0 bridgehead atoms. The van der Waals surface area contributed by atoms with Crippen LogP contribution in [0.15, 0.2) is 30.3 Å². The van der Waals surface area contributed by atoms with E-state index in [1.807, 2.05) is 37.2 Å². The smallest absolute Gasteiger partial charge is 0.239 e. The van der Waals surface area contributed by atoms with Crippen LogP contribution < -0.4 is 5.32 Å². The second-order valence-corrected chi connectivity index (χ2v) is 5.68. The fourth-order valence-electron chi connectivity index (χ4n) is 2.11. The second kappa shape index (κ2) is 9.95. The molecule has 2 amide bonds. The summed E-state index contributed by atoms with van der Waals surface area (Å²) in [4.78, 5) is 27.1. The van der Waals surface area contributed by atoms with Gasteiger partial charge in [0, 0.05) is 26.6 Å². The number of nitrogens with zero attached hydrogens (tertiary/aromatic N) is 2. The summed E-state index contributed by atoms with van der Waals surface area (Å²) in [6, 6.07) is 10.2. The molecule has 0 spiro atoms. The summed E-state index contributed by atoms with van der Waals surface area (Å²) in [7, 11) is 3.91. The monoisotopic (exact) mass is 305 g/mol. The van der Waals surface area contributed by atoms with Gasteiger partial charge < -0.3 is 15.1 Å². The van der Waals surface area contributed by atoms with Gasteiger partial charge in [0.2, 0.25) is 11.8 Å². The number of benzene rings is 1. The highest BCUT2D eigenvalue weighted by Crippen LogP contribution is 2.03. The first kappa shape index (κ1) is 18.2. The molecule has 0 fully saturated rings. The van der Waals surface area contributed by atoms with Gasteiger partial charge in [-0.25, -0.2) is 0 Å². The molecule has 1 N–H and O–H groups in total. The number of aryl methyl sites for hydroxylation is 1. The molecule has 0 aliphatic rings. The van der Waals surface area contributed by atoms with E-state index in [-0.39, 0.29) is 18.4 Å². The highest BCUT2D eigenvalue weighted by molar-refractivity contribution is 5.83. The number of rotatable bonds is 9. The summed E-state index contributed by atoms with van der Waals surface area (Å²) in [6.07, 6.45) is 1.77. The van der Waals surface area contributed by atoms with Crippen molar-refractivity contribution in [1.82, 2.24) is 15.1 Å². The molecule has 5 nitrogen and oxygen atoms in total. The van der Waals surface area contributed by atoms with Crippen molar-refractivity contribution < 1.29 is 9.59 Å². The Morgan fingerprint density at radius 2 is 1.77 bits per heavy atom. The highest BCUT2D eigenvalue weighted by Gasteiger charge is 2.13. The lowest BCUT2D eigenvalue weighted by Gasteiger charge is -2.21. The van der Waals surface area contributed by atoms with Crippen molar-refractivity contribution in [2.75, 3.05) is 40.3 Å². The Bertz CT molecular complexity index is 460. The molecular formula is C17H27N3O2. The molecule has 0 heterocycles. The molecule has 22 heavy (non-hydrogen) atoms. The number of amides is 2. The van der Waals surface area contributed by atoms with Crippen molar-refractivity contribution in [2.24, 2.45) is 0 Å². The van der Waals surface area contributed by atoms with Crippen LogP contribution in [0.3, 0.4) is 0 Å². The maximum atomic E-state index is 11.8. The van der Waals surface area contributed by atoms with Crippen LogP contribution >= 0.6 is 0 Å². The average molecular weight is 305 g/mol. The zero-order valence-electron chi connectivity index (χ0n) is 13.8. The van der Waals surface area contributed by atoms with Crippen LogP contribution in [0.2, 0.25) is 0 Å². The second-order valence-electron chi connectivity index (χ2n) is 5.68. The van der Waals surface area contributed by atoms with Crippen LogP contribution in [-0.4, -0.2) is 61.9 Å². The van der Waals surface area contributed by atoms with E-state index in [1.54, 1.807) is 4.90 Å². The zero-order chi connectivity index (χ0) is 16.4. The molecule has 0 atom stereocenters. The van der Waals surface area contributed by atoms with E-state index in [0.29, 0.717) is 13.1 Å². The zero-order valence-corrected chi connectivity index (χ0v) is 13.8. The lowest BCUT2D eigenvalue weighted by Crippen LogP contribution is -2.42. The van der Waals surface area contributed by atoms with Gasteiger partial charge in [-0.15, -0.1) is 0 Å². The van der Waals surface area contributed by atoms with E-state index in [9.17, 15) is 9.59 Å². The van der Waals surface area contributed by atoms with Crippen LogP contribution in [0.1, 0.15) is 18.9 Å². The van der Waals surface area contributed by atoms with E-state index >= 15 is 0 Å². The van der Waals surface area contributed by atoms with E-state index in [2.05, 4.69) is 17.4 Å². The van der Waals surface area contributed by atoms with Gasteiger partial charge in [0.1, 0.15) is 0 Å². The Kier molecular flexibility index (Phi) is 8.22. The topological polar surface area (TPSA) is 52.7 Å². The minimum absolute atomic E-state index is 0.0594. The molecule has 1 rings (SSSR count). The van der Waals surface area contributed by atoms with Gasteiger partial charge in [0.05, 0.1) is 6.54 Å². The lowest BCUT2D eigenvalue weighted by molar-refractivity contribution is -0.134. The molecule has 1 aromatic rings. The van der Waals surface area contributed by atoms with Gasteiger partial charge in [-0.3, -0.25) is 9.59 Å². The van der Waals surface area contributed by atoms with Gasteiger partial charge >= 0.3 is 0 Å². The van der Waals surface area contributed by atoms with E-state index in [1.165, 1.54) is 12.5 Å². The normalized spacial score (nSPS) is 10.5. The van der Waals surface area contributed by atoms with Crippen molar-refractivity contribution >= 4 is 11.8 Å². The molecule has 0 radical (unpaired) electrons. The summed E-state index contributed by atoms with van der Waals surface area (Å²) >= 11 is 0. The maximum absolute atomic E-state index is 11.8. The minimum Gasteiger partial charge on any atom is -0.353 e. The lowest BCUT2D eigenvalue weighted by atomic mass is 10.1. The van der Waals surface area contributed by atoms with Gasteiger partial charge in [0.25, 0.3) is 0 Å². The summed E-state index contributed by atoms with van der Waals surface area (Å²) in [5.74, 6) is -0.160. The van der Waals surface area contributed by atoms with E-state index < -0.39 is 0 Å². The first-order chi connectivity index (χ1) is 10.5. The fourth-order valence-corrected chi connectivity index (χ4v) is 2.11. The summed E-state index contributed by atoms with van der Waals surface area (Å²) in [5.41, 5.74) is 1.25. The number of hydrogen-bond donors (Lipinski definition) is 1. The molecular weight excluding hydrogens is 278 g/mol. The Morgan fingerprint density at radius 1 is 1.09 bits per heavy atom. The number of likely N-dealkylation sites (N-methyl/N-ethyl adjacent to an activating group) is 1. The molecule has 1 aromatic carbocycles. The molecule has 0 saturated heterocycles. The summed E-state index contributed by atoms with van der Waals surface area (Å²) in [5, 5.41) is 2.83. The van der Waals surface area contributed by atoms with Crippen molar-refractivity contribution in [3.8, 4) is 0 Å². The quantitative estimate of drug-likeness (QED) is 0.744. The van der Waals surface area contributed by atoms with Crippen molar-refractivity contribution in [1.29, 1.82) is 0 Å². The molecule has 0 aliphatic carbocycles. The Balaban J connectivity index is 2.32. The molecule has 122 valence electrons. The van der Waals surface area contributed by atoms with Gasteiger partial charge in [-0.05, 0) is 32.5 Å². The van der Waals surface area contributed by atoms with Gasteiger partial charge in [-0.1, -0.05) is 30.3 Å². The predicted molar refractivity (Wildman–Crippen MR) is 88.6 cm³/mol. The molecule has 0 aliphatic heterocycles. The Labute approximate surface area is 133 Å². The minimum atomic E-state index is -0.100. The van der Waals surface area contributed by atoms with Crippen LogP contribution in [0.25, 0.3) is 0 Å². The molecule has 0 unspecified atom stereocenters. The van der Waals surface area contributed by atoms with Gasteiger partial charge in [0.15, 0.2) is 0 Å². The third-order valence-electron chi connectivity index (χ3n) is 3.40. The molecule has 5 heteroatoms. The Hall–Kier alpha value is -1.88. The van der Waals surface area contributed by atoms with E-state index in [0.717, 1.165) is 19.4 Å². The third kappa shape index (κ3) is 7.78. The van der Waals surface area contributed by atoms with Gasteiger partial charge in [-0.2, -0.15) is 0 Å². The molecule has 0 aromatic heterocycles. The van der Waals surface area contributed by atoms with Crippen molar-refractivity contribution in [2.45, 2.75) is 19.8 Å². The third-order valence-corrected chi connectivity index (χ3v) is 3.40. The Morgan fingerprint density at radius 3 is 2.36 bits per heavy atom. The standard InChI is InChI=1S/C17H27N3O2/c1-15(21)20(14-17(22)18-11-13-19(2)3)12-7-10-16-8-5-4-6-9-16/h4-6,8-9H,7,10-14H2,1-3H3,(H,18,22). The van der Waals surface area contributed by atoms with Crippen molar-refractivity contribution in [3.05, 3.63) is 35.9 Å². The van der Waals surface area contributed by atoms with Crippen LogP contribution in [0, 0.1) is 0 Å². The first-order valence-corrected chi connectivity index (χ1v) is 7.70. The van der Waals surface area contributed by atoms with Crippen LogP contribution in [0.4, 0.5) is 0 Å². The number of carbonyl (C=O) groups is 2. The largest absolute Gasteiger partial charge is 0.353 e. The number of carbonyl (C=O) groups excluding carboxylic acids is 2. The molecule has 0 saturated carbocycles. The predicted octanol–water partition coefficient (Wildman–Crippen LogP) is 1.15. The van der Waals surface area contributed by atoms with Crippen LogP contribution in [-0.2, 0) is 16.0 Å². The summed E-state index contributed by atoms with van der Waals surface area (Å²) in [6.45, 7) is 3.64. The van der Waals surface area contributed by atoms with Crippen molar-refractivity contribution in [3.63, 3.8) is 0 Å². The highest BCUT2D eigenvalue weighted by atomic mass is 16.2. The fraction of sp³-hybridized carbons (Fsp3) is 0.529. The maximum Gasteiger partial charge on any atom is 0.239 e. The number of nitrogens with one attached hydrogen (secondary N) is 1. The van der Waals surface area contributed by atoms with Crippen LogP contribution in [0.5, 0.6) is 0 Å². The van der Waals surface area contributed by atoms with E-state index in [4.69, 9.17) is 0 Å².